The lowest BCUT2D eigenvalue weighted by molar-refractivity contribution is 1.13. The van der Waals surface area contributed by atoms with E-state index < -0.39 is 0 Å². The van der Waals surface area contributed by atoms with Gasteiger partial charge in [-0.25, -0.2) is 9.97 Å². The predicted octanol–water partition coefficient (Wildman–Crippen LogP) is 5.90. The molecule has 6 heteroatoms. The number of anilines is 1. The lowest BCUT2D eigenvalue weighted by Crippen LogP contribution is -2.07. The van der Waals surface area contributed by atoms with E-state index in [-0.39, 0.29) is 0 Å². The molecular formula is C27H22N6. The molecule has 0 amide bonds. The van der Waals surface area contributed by atoms with Crippen molar-refractivity contribution in [2.45, 2.75) is 0 Å². The fourth-order valence-electron chi connectivity index (χ4n) is 4.08. The molecule has 3 aromatic heterocycles. The Morgan fingerprint density at radius 3 is 1.58 bits per heavy atom. The summed E-state index contributed by atoms with van der Waals surface area (Å²) in [6.45, 7) is 0. The molecule has 0 bridgehead atoms. The van der Waals surface area contributed by atoms with Gasteiger partial charge in [0.05, 0.1) is 22.1 Å². The number of hydrogen-bond acceptors (Lipinski definition) is 4. The van der Waals surface area contributed by atoms with Crippen LogP contribution < -0.4 is 4.90 Å². The number of rotatable bonds is 4. The van der Waals surface area contributed by atoms with Crippen LogP contribution in [0.3, 0.4) is 0 Å². The zero-order valence-corrected chi connectivity index (χ0v) is 18.4. The minimum atomic E-state index is 0.846. The average molecular weight is 431 g/mol. The van der Waals surface area contributed by atoms with E-state index in [2.05, 4.69) is 80.5 Å². The standard InChI is InChI=1S/C27H22N6/c1-33(2)21-7-3-17(4-8-21)26-29-22-9-5-19(15-24(22)31-26)20-6-10-23-25(16-20)32-27(30-23)18-11-13-28-14-12-18/h3-16H,1-2H3,(H,29,31)(H,30,32). The van der Waals surface area contributed by atoms with Gasteiger partial charge in [0, 0.05) is 43.3 Å². The van der Waals surface area contributed by atoms with Crippen molar-refractivity contribution in [3.8, 4) is 33.9 Å². The average Bonchev–Trinajstić information content (AvgIpc) is 3.48. The quantitative estimate of drug-likeness (QED) is 0.365. The highest BCUT2D eigenvalue weighted by Crippen LogP contribution is 2.29. The Balaban J connectivity index is 1.35. The largest absolute Gasteiger partial charge is 0.378 e. The molecule has 160 valence electrons. The molecule has 33 heavy (non-hydrogen) atoms. The van der Waals surface area contributed by atoms with Crippen molar-refractivity contribution in [1.82, 2.24) is 24.9 Å². The molecule has 3 heterocycles. The smallest absolute Gasteiger partial charge is 0.138 e. The van der Waals surface area contributed by atoms with Gasteiger partial charge in [-0.3, -0.25) is 4.98 Å². The molecule has 0 spiro atoms. The second kappa shape index (κ2) is 7.60. The molecule has 0 saturated carbocycles. The number of imidazole rings is 2. The van der Waals surface area contributed by atoms with Crippen molar-refractivity contribution >= 4 is 27.8 Å². The van der Waals surface area contributed by atoms with E-state index in [4.69, 9.17) is 9.97 Å². The van der Waals surface area contributed by atoms with E-state index in [1.165, 1.54) is 5.69 Å². The number of aromatic amines is 2. The number of benzene rings is 3. The van der Waals surface area contributed by atoms with E-state index in [0.29, 0.717) is 0 Å². The van der Waals surface area contributed by atoms with Crippen molar-refractivity contribution < 1.29 is 0 Å². The first-order chi connectivity index (χ1) is 16.1. The summed E-state index contributed by atoms with van der Waals surface area (Å²) in [7, 11) is 4.08. The summed E-state index contributed by atoms with van der Waals surface area (Å²) in [5.74, 6) is 1.72. The van der Waals surface area contributed by atoms with Gasteiger partial charge in [-0.2, -0.15) is 0 Å². The number of nitrogens with one attached hydrogen (secondary N) is 2. The summed E-state index contributed by atoms with van der Waals surface area (Å²) in [5, 5.41) is 0. The SMILES string of the molecule is CN(C)c1ccc(-c2nc3ccc(-c4ccc5nc(-c6ccncc6)[nH]c5c4)cc3[nH]2)cc1. The highest BCUT2D eigenvalue weighted by molar-refractivity contribution is 5.88. The van der Waals surface area contributed by atoms with E-state index in [1.54, 1.807) is 12.4 Å². The lowest BCUT2D eigenvalue weighted by atomic mass is 10.0. The zero-order chi connectivity index (χ0) is 22.4. The maximum atomic E-state index is 4.79. The van der Waals surface area contributed by atoms with Gasteiger partial charge >= 0.3 is 0 Å². The second-order valence-corrected chi connectivity index (χ2v) is 8.31. The fourth-order valence-corrected chi connectivity index (χ4v) is 4.08. The summed E-state index contributed by atoms with van der Waals surface area (Å²) in [6.07, 6.45) is 3.55. The Labute approximate surface area is 191 Å². The van der Waals surface area contributed by atoms with Crippen LogP contribution in [0, 0.1) is 0 Å². The van der Waals surface area contributed by atoms with E-state index >= 15 is 0 Å². The zero-order valence-electron chi connectivity index (χ0n) is 18.4. The number of fused-ring (bicyclic) bond motifs is 2. The molecule has 3 aromatic carbocycles. The Morgan fingerprint density at radius 1 is 0.576 bits per heavy atom. The van der Waals surface area contributed by atoms with E-state index in [1.807, 2.05) is 26.2 Å². The van der Waals surface area contributed by atoms with Crippen molar-refractivity contribution in [3.05, 3.63) is 85.2 Å². The van der Waals surface area contributed by atoms with Crippen LogP contribution in [-0.2, 0) is 0 Å². The van der Waals surface area contributed by atoms with Crippen molar-refractivity contribution in [1.29, 1.82) is 0 Å². The first kappa shape index (κ1) is 19.3. The van der Waals surface area contributed by atoms with Gasteiger partial charge in [-0.15, -0.1) is 0 Å². The van der Waals surface area contributed by atoms with Gasteiger partial charge in [0.25, 0.3) is 0 Å². The molecule has 6 rings (SSSR count). The van der Waals surface area contributed by atoms with Crippen LogP contribution in [0.1, 0.15) is 0 Å². The van der Waals surface area contributed by atoms with E-state index in [9.17, 15) is 0 Å². The number of hydrogen-bond donors (Lipinski definition) is 2. The van der Waals surface area contributed by atoms with Gasteiger partial charge < -0.3 is 14.9 Å². The Morgan fingerprint density at radius 2 is 1.06 bits per heavy atom. The third kappa shape index (κ3) is 3.51. The first-order valence-electron chi connectivity index (χ1n) is 10.8. The molecule has 0 aliphatic carbocycles. The third-order valence-electron chi connectivity index (χ3n) is 5.91. The van der Waals surface area contributed by atoms with Crippen molar-refractivity contribution in [3.63, 3.8) is 0 Å². The van der Waals surface area contributed by atoms with Crippen LogP contribution in [0.25, 0.3) is 56.0 Å². The molecule has 0 fully saturated rings. The van der Waals surface area contributed by atoms with Crippen molar-refractivity contribution in [2.24, 2.45) is 0 Å². The molecule has 0 saturated heterocycles. The topological polar surface area (TPSA) is 73.5 Å². The van der Waals surface area contributed by atoms with Gasteiger partial charge in [0.15, 0.2) is 0 Å². The van der Waals surface area contributed by atoms with Crippen LogP contribution in [-0.4, -0.2) is 39.0 Å². The molecule has 6 nitrogen and oxygen atoms in total. The summed E-state index contributed by atoms with van der Waals surface area (Å²) in [5.41, 5.74) is 9.42. The minimum Gasteiger partial charge on any atom is -0.378 e. The highest BCUT2D eigenvalue weighted by Gasteiger charge is 2.10. The molecule has 0 unspecified atom stereocenters. The third-order valence-corrected chi connectivity index (χ3v) is 5.91. The van der Waals surface area contributed by atoms with E-state index in [0.717, 1.165) is 56.0 Å². The summed E-state index contributed by atoms with van der Waals surface area (Å²) >= 11 is 0. The number of H-pyrrole nitrogens is 2. The summed E-state index contributed by atoms with van der Waals surface area (Å²) in [4.78, 5) is 22.6. The van der Waals surface area contributed by atoms with Gasteiger partial charge in [-0.05, 0) is 71.8 Å². The van der Waals surface area contributed by atoms with Crippen LogP contribution in [0.5, 0.6) is 0 Å². The number of pyridine rings is 1. The number of aromatic nitrogens is 5. The summed E-state index contributed by atoms with van der Waals surface area (Å²) < 4.78 is 0. The maximum Gasteiger partial charge on any atom is 0.138 e. The Kier molecular flexibility index (Phi) is 4.43. The summed E-state index contributed by atoms with van der Waals surface area (Å²) in [6, 6.07) is 25.0. The predicted molar refractivity (Wildman–Crippen MR) is 134 cm³/mol. The van der Waals surface area contributed by atoms with Gasteiger partial charge in [0.2, 0.25) is 0 Å². The molecule has 6 aromatic rings. The first-order valence-corrected chi connectivity index (χ1v) is 10.8. The second-order valence-electron chi connectivity index (χ2n) is 8.31. The lowest BCUT2D eigenvalue weighted by Gasteiger charge is -2.11. The van der Waals surface area contributed by atoms with Crippen molar-refractivity contribution in [2.75, 3.05) is 19.0 Å². The van der Waals surface area contributed by atoms with Crippen LogP contribution >= 0.6 is 0 Å². The fraction of sp³-hybridized carbons (Fsp3) is 0.0741. The number of nitrogens with zero attached hydrogens (tertiary/aromatic N) is 4. The maximum absolute atomic E-state index is 4.79. The minimum absolute atomic E-state index is 0.846. The monoisotopic (exact) mass is 430 g/mol. The Bertz CT molecular complexity index is 1580. The molecule has 0 atom stereocenters. The molecular weight excluding hydrogens is 408 g/mol. The molecule has 2 N–H and O–H groups in total. The van der Waals surface area contributed by atoms with Gasteiger partial charge in [-0.1, -0.05) is 12.1 Å². The van der Waals surface area contributed by atoms with Crippen LogP contribution in [0.15, 0.2) is 85.2 Å². The van der Waals surface area contributed by atoms with Crippen LogP contribution in [0.2, 0.25) is 0 Å². The molecule has 0 radical (unpaired) electrons. The van der Waals surface area contributed by atoms with Crippen LogP contribution in [0.4, 0.5) is 5.69 Å². The Hall–Kier alpha value is -4.45. The molecule has 0 aliphatic heterocycles. The normalized spacial score (nSPS) is 11.3. The molecule has 0 aliphatic rings. The highest BCUT2D eigenvalue weighted by atomic mass is 15.1. The van der Waals surface area contributed by atoms with Gasteiger partial charge in [0.1, 0.15) is 11.6 Å².